The predicted octanol–water partition coefficient (Wildman–Crippen LogP) is 1.85. The molecule has 5 nitrogen and oxygen atoms in total. The molecule has 0 radical (unpaired) electrons. The Morgan fingerprint density at radius 1 is 1.53 bits per heavy atom. The van der Waals surface area contributed by atoms with Crippen molar-refractivity contribution in [2.75, 3.05) is 6.54 Å². The summed E-state index contributed by atoms with van der Waals surface area (Å²) in [6, 6.07) is 7.46. The van der Waals surface area contributed by atoms with Gasteiger partial charge in [-0.15, -0.1) is 0 Å². The van der Waals surface area contributed by atoms with E-state index in [1.807, 2.05) is 24.3 Å². The lowest BCUT2D eigenvalue weighted by Gasteiger charge is -2.13. The first-order chi connectivity index (χ1) is 8.08. The number of nitrogens with zero attached hydrogens (tertiary/aromatic N) is 1. The van der Waals surface area contributed by atoms with E-state index in [2.05, 4.69) is 15.9 Å². The van der Waals surface area contributed by atoms with Crippen LogP contribution in [0.4, 0.5) is 4.79 Å². The second kappa shape index (κ2) is 4.75. The minimum Gasteiger partial charge on any atom is -0.478 e. The van der Waals surface area contributed by atoms with Gasteiger partial charge in [-0.1, -0.05) is 34.1 Å². The van der Waals surface area contributed by atoms with Gasteiger partial charge in [0.1, 0.15) is 0 Å². The summed E-state index contributed by atoms with van der Waals surface area (Å²) in [5, 5.41) is 8.76. The van der Waals surface area contributed by atoms with Crippen molar-refractivity contribution in [3.8, 4) is 0 Å². The topological polar surface area (TPSA) is 66.8 Å². The summed E-state index contributed by atoms with van der Waals surface area (Å²) in [7, 11) is 0. The van der Waals surface area contributed by atoms with Gasteiger partial charge in [0, 0.05) is 4.47 Å². The van der Waals surface area contributed by atoms with Crippen molar-refractivity contribution in [2.45, 2.75) is 12.6 Å². The number of hydrogen-bond acceptors (Lipinski definition) is 3. The van der Waals surface area contributed by atoms with E-state index in [-0.39, 0.29) is 6.54 Å². The molecule has 2 rings (SSSR count). The van der Waals surface area contributed by atoms with Gasteiger partial charge >= 0.3 is 12.1 Å². The molecule has 0 aliphatic carbocycles. The molecule has 0 unspecified atom stereocenters. The third-order valence-electron chi connectivity index (χ3n) is 2.48. The van der Waals surface area contributed by atoms with Gasteiger partial charge in [-0.25, -0.2) is 9.59 Å². The molecule has 1 aliphatic rings. The van der Waals surface area contributed by atoms with E-state index in [0.29, 0.717) is 6.54 Å². The van der Waals surface area contributed by atoms with Crippen molar-refractivity contribution >= 4 is 28.0 Å². The molecule has 1 aromatic rings. The zero-order valence-corrected chi connectivity index (χ0v) is 10.4. The maximum absolute atomic E-state index is 11.4. The molecular formula is C11H10BrNO4. The summed E-state index contributed by atoms with van der Waals surface area (Å²) >= 11 is 3.37. The van der Waals surface area contributed by atoms with Crippen LogP contribution in [0, 0.1) is 0 Å². The Hall–Kier alpha value is -1.56. The Labute approximate surface area is 106 Å². The van der Waals surface area contributed by atoms with E-state index in [0.717, 1.165) is 10.0 Å². The number of rotatable bonds is 3. The molecule has 1 saturated heterocycles. The second-order valence-corrected chi connectivity index (χ2v) is 4.54. The number of ether oxygens (including phenoxy) is 1. The van der Waals surface area contributed by atoms with Crippen LogP contribution in [0.2, 0.25) is 0 Å². The van der Waals surface area contributed by atoms with E-state index in [4.69, 9.17) is 9.84 Å². The smallest absolute Gasteiger partial charge is 0.411 e. The molecule has 6 heteroatoms. The van der Waals surface area contributed by atoms with Gasteiger partial charge in [0.15, 0.2) is 0 Å². The molecule has 1 amide bonds. The lowest BCUT2D eigenvalue weighted by Crippen LogP contribution is -2.27. The minimum absolute atomic E-state index is 0.0789. The van der Waals surface area contributed by atoms with Crippen molar-refractivity contribution in [1.82, 2.24) is 4.90 Å². The highest BCUT2D eigenvalue weighted by molar-refractivity contribution is 9.10. The fourth-order valence-corrected chi connectivity index (χ4v) is 2.01. The van der Waals surface area contributed by atoms with E-state index in [9.17, 15) is 9.59 Å². The summed E-state index contributed by atoms with van der Waals surface area (Å²) < 4.78 is 5.60. The van der Waals surface area contributed by atoms with Crippen LogP contribution >= 0.6 is 15.9 Å². The minimum atomic E-state index is -1.12. The van der Waals surface area contributed by atoms with Crippen LogP contribution in [0.1, 0.15) is 5.56 Å². The van der Waals surface area contributed by atoms with Gasteiger partial charge in [0.05, 0.1) is 13.1 Å². The van der Waals surface area contributed by atoms with Crippen molar-refractivity contribution < 1.29 is 19.4 Å². The summed E-state index contributed by atoms with van der Waals surface area (Å²) in [6.45, 7) is 0.416. The van der Waals surface area contributed by atoms with Crippen LogP contribution in [0.5, 0.6) is 0 Å². The Balaban J connectivity index is 2.08. The number of carboxylic acid groups (broad SMARTS) is 1. The van der Waals surface area contributed by atoms with Gasteiger partial charge in [-0.05, 0) is 11.6 Å². The number of carbonyl (C=O) groups excluding carboxylic acids is 1. The second-order valence-electron chi connectivity index (χ2n) is 3.68. The Kier molecular flexibility index (Phi) is 3.33. The zero-order chi connectivity index (χ0) is 12.4. The molecule has 1 atom stereocenters. The lowest BCUT2D eigenvalue weighted by atomic mass is 10.2. The van der Waals surface area contributed by atoms with Crippen LogP contribution in [0.15, 0.2) is 28.7 Å². The number of cyclic esters (lactones) is 1. The fraction of sp³-hybridized carbons (Fsp3) is 0.273. The molecule has 0 saturated carbocycles. The highest BCUT2D eigenvalue weighted by Crippen LogP contribution is 2.21. The van der Waals surface area contributed by atoms with Crippen LogP contribution in [-0.4, -0.2) is 34.7 Å². The predicted molar refractivity (Wildman–Crippen MR) is 62.5 cm³/mol. The first-order valence-electron chi connectivity index (χ1n) is 4.99. The lowest BCUT2D eigenvalue weighted by molar-refractivity contribution is -0.144. The number of amides is 1. The van der Waals surface area contributed by atoms with E-state index >= 15 is 0 Å². The van der Waals surface area contributed by atoms with Gasteiger partial charge in [-0.3, -0.25) is 4.90 Å². The number of carbonyl (C=O) groups is 2. The molecule has 1 fully saturated rings. The Morgan fingerprint density at radius 3 is 2.82 bits per heavy atom. The molecule has 1 aliphatic heterocycles. The average molecular weight is 300 g/mol. The molecule has 0 bridgehead atoms. The molecule has 90 valence electrons. The number of halogens is 1. The third-order valence-corrected chi connectivity index (χ3v) is 3.26. The van der Waals surface area contributed by atoms with Gasteiger partial charge in [0.25, 0.3) is 0 Å². The highest BCUT2D eigenvalue weighted by atomic mass is 79.9. The number of benzene rings is 1. The van der Waals surface area contributed by atoms with Crippen LogP contribution in [-0.2, 0) is 16.1 Å². The first-order valence-corrected chi connectivity index (χ1v) is 5.79. The molecule has 1 N–H and O–H groups in total. The largest absolute Gasteiger partial charge is 0.478 e. The average Bonchev–Trinajstić information content (AvgIpc) is 2.64. The monoisotopic (exact) mass is 299 g/mol. The Morgan fingerprint density at radius 2 is 2.24 bits per heavy atom. The van der Waals surface area contributed by atoms with Crippen molar-refractivity contribution in [2.24, 2.45) is 0 Å². The molecular weight excluding hydrogens is 290 g/mol. The Bertz CT molecular complexity index is 463. The van der Waals surface area contributed by atoms with Crippen molar-refractivity contribution in [3.05, 3.63) is 34.3 Å². The summed E-state index contributed by atoms with van der Waals surface area (Å²) in [6.07, 6.45) is -1.65. The first kappa shape index (κ1) is 11.9. The summed E-state index contributed by atoms with van der Waals surface area (Å²) in [5.74, 6) is -1.12. The molecule has 17 heavy (non-hydrogen) atoms. The van der Waals surface area contributed by atoms with E-state index in [1.54, 1.807) is 0 Å². The summed E-state index contributed by atoms with van der Waals surface area (Å²) in [4.78, 5) is 23.5. The quantitative estimate of drug-likeness (QED) is 0.925. The van der Waals surface area contributed by atoms with Crippen molar-refractivity contribution in [3.63, 3.8) is 0 Å². The van der Waals surface area contributed by atoms with E-state index in [1.165, 1.54) is 4.90 Å². The molecule has 0 aromatic heterocycles. The maximum atomic E-state index is 11.4. The number of carboxylic acids is 1. The van der Waals surface area contributed by atoms with E-state index < -0.39 is 18.2 Å². The van der Waals surface area contributed by atoms with Crippen LogP contribution in [0.3, 0.4) is 0 Å². The van der Waals surface area contributed by atoms with Crippen molar-refractivity contribution in [1.29, 1.82) is 0 Å². The number of aliphatic carboxylic acids is 1. The SMILES string of the molecule is O=C(O)[C@H]1CN(Cc2ccccc2Br)C(=O)O1. The molecule has 1 heterocycles. The maximum Gasteiger partial charge on any atom is 0.411 e. The van der Waals surface area contributed by atoms with Crippen LogP contribution < -0.4 is 0 Å². The summed E-state index contributed by atoms with van der Waals surface area (Å²) in [5.41, 5.74) is 0.912. The zero-order valence-electron chi connectivity index (χ0n) is 8.80. The van der Waals surface area contributed by atoms with Crippen LogP contribution in [0.25, 0.3) is 0 Å². The number of hydrogen-bond donors (Lipinski definition) is 1. The third kappa shape index (κ3) is 2.58. The molecule has 0 spiro atoms. The normalized spacial score (nSPS) is 19.2. The van der Waals surface area contributed by atoms with Gasteiger partial charge in [0.2, 0.25) is 6.10 Å². The van der Waals surface area contributed by atoms with Gasteiger partial charge in [-0.2, -0.15) is 0 Å². The fourth-order valence-electron chi connectivity index (χ4n) is 1.60. The highest BCUT2D eigenvalue weighted by Gasteiger charge is 2.36. The standard InChI is InChI=1S/C11H10BrNO4/c12-8-4-2-1-3-7(8)5-13-6-9(10(14)15)17-11(13)16/h1-4,9H,5-6H2,(H,14,15)/t9-/m1/s1. The van der Waals surface area contributed by atoms with Gasteiger partial charge < -0.3 is 9.84 Å². The molecule has 1 aromatic carbocycles.